The highest BCUT2D eigenvalue weighted by Gasteiger charge is 2.27. The molecule has 32 heavy (non-hydrogen) atoms. The van der Waals surface area contributed by atoms with E-state index in [1.807, 2.05) is 24.3 Å². The minimum atomic E-state index is -1.49. The Labute approximate surface area is 190 Å². The maximum Gasteiger partial charge on any atom is 0.257 e. The minimum Gasteiger partial charge on any atom is -0.486 e. The molecular weight excluding hydrogens is 418 g/mol. The van der Waals surface area contributed by atoms with Gasteiger partial charge in [-0.3, -0.25) is 9.52 Å². The predicted molar refractivity (Wildman–Crippen MR) is 128 cm³/mol. The molecule has 5 rings (SSSR count). The Bertz CT molecular complexity index is 1240. The number of benzene rings is 3. The highest BCUT2D eigenvalue weighted by molar-refractivity contribution is 7.93. The normalized spacial score (nSPS) is 19.6. The number of ether oxygens (including phenoxy) is 1. The van der Waals surface area contributed by atoms with Crippen LogP contribution in [-0.4, -0.2) is 10.1 Å². The molecule has 4 nitrogen and oxygen atoms in total. The molecule has 0 bridgehead atoms. The molecule has 0 radical (unpaired) electrons. The molecule has 1 aliphatic carbocycles. The highest BCUT2D eigenvalue weighted by atomic mass is 32.2. The van der Waals surface area contributed by atoms with E-state index in [0.29, 0.717) is 10.8 Å². The first-order valence-corrected chi connectivity index (χ1v) is 12.1. The lowest BCUT2D eigenvalue weighted by atomic mass is 9.89. The van der Waals surface area contributed by atoms with Crippen LogP contribution in [-0.2, 0) is 22.2 Å². The summed E-state index contributed by atoms with van der Waals surface area (Å²) >= 11 is 0. The second-order valence-electron chi connectivity index (χ2n) is 8.53. The summed E-state index contributed by atoms with van der Waals surface area (Å²) in [6.07, 6.45) is 3.31. The molecule has 0 spiro atoms. The van der Waals surface area contributed by atoms with Crippen molar-refractivity contribution in [1.29, 1.82) is 0 Å². The maximum absolute atomic E-state index is 12.0. The fraction of sp³-hybridized carbons (Fsp3) is 0.222. The molecule has 3 aromatic rings. The van der Waals surface area contributed by atoms with E-state index in [0.717, 1.165) is 24.2 Å². The van der Waals surface area contributed by atoms with Crippen LogP contribution in [0.4, 0.5) is 0 Å². The van der Waals surface area contributed by atoms with Crippen molar-refractivity contribution in [2.45, 2.75) is 38.7 Å². The van der Waals surface area contributed by atoms with Crippen LogP contribution < -0.4 is 9.46 Å². The summed E-state index contributed by atoms with van der Waals surface area (Å²) < 4.78 is 20.7. The fourth-order valence-corrected chi connectivity index (χ4v) is 5.55. The monoisotopic (exact) mass is 443 g/mol. The van der Waals surface area contributed by atoms with E-state index in [-0.39, 0.29) is 12.0 Å². The molecular formula is C27H25NO3S. The fourth-order valence-electron chi connectivity index (χ4n) is 4.64. The van der Waals surface area contributed by atoms with Gasteiger partial charge in [-0.1, -0.05) is 68.4 Å². The van der Waals surface area contributed by atoms with E-state index in [9.17, 15) is 9.00 Å². The number of amides is 1. The van der Waals surface area contributed by atoms with Crippen molar-refractivity contribution in [3.63, 3.8) is 0 Å². The van der Waals surface area contributed by atoms with Crippen molar-refractivity contribution in [2.24, 2.45) is 0 Å². The second kappa shape index (κ2) is 8.40. The maximum atomic E-state index is 12.0. The van der Waals surface area contributed by atoms with Crippen molar-refractivity contribution in [3.8, 4) is 16.9 Å². The molecule has 1 N–H and O–H groups in total. The Balaban J connectivity index is 1.40. The summed E-state index contributed by atoms with van der Waals surface area (Å²) in [6, 6.07) is 22.7. The number of fused-ring (bicyclic) bond motifs is 1. The molecule has 3 aromatic carbocycles. The Morgan fingerprint density at radius 1 is 0.969 bits per heavy atom. The van der Waals surface area contributed by atoms with Gasteiger partial charge in [0.1, 0.15) is 11.9 Å². The molecule has 1 aliphatic heterocycles. The van der Waals surface area contributed by atoms with Gasteiger partial charge in [-0.05, 0) is 64.3 Å². The average molecular weight is 444 g/mol. The molecule has 1 heterocycles. The summed E-state index contributed by atoms with van der Waals surface area (Å²) in [5, 5.41) is 0. The van der Waals surface area contributed by atoms with Crippen molar-refractivity contribution in [1.82, 2.24) is 4.72 Å². The van der Waals surface area contributed by atoms with Gasteiger partial charge < -0.3 is 4.74 Å². The van der Waals surface area contributed by atoms with Crippen molar-refractivity contribution >= 4 is 21.8 Å². The molecule has 0 fully saturated rings. The zero-order valence-corrected chi connectivity index (χ0v) is 18.9. The third kappa shape index (κ3) is 3.78. The summed E-state index contributed by atoms with van der Waals surface area (Å²) in [5.41, 5.74) is 7.37. The largest absolute Gasteiger partial charge is 0.486 e. The number of rotatable bonds is 5. The lowest BCUT2D eigenvalue weighted by Crippen LogP contribution is -2.16. The van der Waals surface area contributed by atoms with Crippen molar-refractivity contribution in [2.75, 3.05) is 0 Å². The van der Waals surface area contributed by atoms with Crippen LogP contribution in [0.5, 0.6) is 5.75 Å². The molecule has 1 amide bonds. The molecule has 2 aliphatic rings. The molecule has 0 saturated carbocycles. The minimum absolute atomic E-state index is 0.00471. The Hall–Kier alpha value is -3.18. The number of nitrogens with one attached hydrogen (secondary N) is 1. The van der Waals surface area contributed by atoms with Gasteiger partial charge in [0.15, 0.2) is 11.0 Å². The molecule has 0 saturated heterocycles. The van der Waals surface area contributed by atoms with E-state index < -0.39 is 11.0 Å². The van der Waals surface area contributed by atoms with Gasteiger partial charge in [-0.25, -0.2) is 4.21 Å². The second-order valence-corrected chi connectivity index (χ2v) is 9.71. The van der Waals surface area contributed by atoms with Gasteiger partial charge in [0.05, 0.1) is 4.91 Å². The van der Waals surface area contributed by atoms with Gasteiger partial charge in [-0.15, -0.1) is 0 Å². The first kappa shape index (κ1) is 20.7. The van der Waals surface area contributed by atoms with E-state index >= 15 is 0 Å². The van der Waals surface area contributed by atoms with E-state index in [2.05, 4.69) is 61.0 Å². The zero-order chi connectivity index (χ0) is 22.2. The third-order valence-corrected chi connectivity index (χ3v) is 7.30. The third-order valence-electron chi connectivity index (χ3n) is 6.16. The Morgan fingerprint density at radius 3 is 2.44 bits per heavy atom. The SMILES string of the molecule is CC(C)c1ccccc1-c1cccc2c1CC[C@H]2Oc1ccc(C2=CC(=O)NS2=O)cc1. The van der Waals surface area contributed by atoms with Gasteiger partial charge in [0.25, 0.3) is 5.91 Å². The van der Waals surface area contributed by atoms with Crippen LogP contribution in [0.2, 0.25) is 0 Å². The standard InChI is InChI=1S/C27H25NO3S/c1-17(2)20-6-3-4-7-21(20)22-8-5-9-24-23(22)14-15-25(24)31-19-12-10-18(11-13-19)26-16-27(29)28-32(26)30/h3-13,16-17,25H,14-15H2,1-2H3,(H,28,29)/t25-,32?/m1/s1. The lowest BCUT2D eigenvalue weighted by molar-refractivity contribution is -0.114. The van der Waals surface area contributed by atoms with Gasteiger partial charge in [-0.2, -0.15) is 0 Å². The van der Waals surface area contributed by atoms with Gasteiger partial charge in [0, 0.05) is 6.08 Å². The van der Waals surface area contributed by atoms with Crippen LogP contribution >= 0.6 is 0 Å². The molecule has 2 atom stereocenters. The van der Waals surface area contributed by atoms with Gasteiger partial charge in [0.2, 0.25) is 0 Å². The van der Waals surface area contributed by atoms with Crippen molar-refractivity contribution in [3.05, 3.63) is 95.1 Å². The zero-order valence-electron chi connectivity index (χ0n) is 18.1. The number of carbonyl (C=O) groups excluding carboxylic acids is 1. The number of hydrogen-bond acceptors (Lipinski definition) is 3. The molecule has 162 valence electrons. The first-order valence-electron chi connectivity index (χ1n) is 10.9. The lowest BCUT2D eigenvalue weighted by Gasteiger charge is -2.18. The summed E-state index contributed by atoms with van der Waals surface area (Å²) in [4.78, 5) is 11.9. The number of carbonyl (C=O) groups is 1. The average Bonchev–Trinajstić information content (AvgIpc) is 3.36. The van der Waals surface area contributed by atoms with E-state index in [1.165, 1.54) is 33.9 Å². The topological polar surface area (TPSA) is 55.4 Å². The van der Waals surface area contributed by atoms with Crippen LogP contribution in [0, 0.1) is 0 Å². The van der Waals surface area contributed by atoms with E-state index in [1.54, 1.807) is 0 Å². The van der Waals surface area contributed by atoms with E-state index in [4.69, 9.17) is 4.74 Å². The summed E-state index contributed by atoms with van der Waals surface area (Å²) in [5.74, 6) is 0.906. The van der Waals surface area contributed by atoms with Gasteiger partial charge >= 0.3 is 0 Å². The quantitative estimate of drug-likeness (QED) is 0.552. The van der Waals surface area contributed by atoms with Crippen LogP contribution in [0.1, 0.15) is 54.5 Å². The van der Waals surface area contributed by atoms with Crippen LogP contribution in [0.25, 0.3) is 16.0 Å². The Kier molecular flexibility index (Phi) is 5.43. The first-order chi connectivity index (χ1) is 15.5. The van der Waals surface area contributed by atoms with Crippen molar-refractivity contribution < 1.29 is 13.7 Å². The van der Waals surface area contributed by atoms with Crippen LogP contribution in [0.15, 0.2) is 72.8 Å². The molecule has 0 aromatic heterocycles. The molecule has 5 heteroatoms. The summed E-state index contributed by atoms with van der Waals surface area (Å²) in [7, 11) is -1.49. The number of hydrogen-bond donors (Lipinski definition) is 1. The predicted octanol–water partition coefficient (Wildman–Crippen LogP) is 5.68. The summed E-state index contributed by atoms with van der Waals surface area (Å²) in [6.45, 7) is 4.47. The molecule has 1 unspecified atom stereocenters. The van der Waals surface area contributed by atoms with Crippen LogP contribution in [0.3, 0.4) is 0 Å². The smallest absolute Gasteiger partial charge is 0.257 e. The Morgan fingerprint density at radius 2 is 1.72 bits per heavy atom. The highest BCUT2D eigenvalue weighted by Crippen LogP contribution is 2.42.